The quantitative estimate of drug-likeness (QED) is 0.0220. The zero-order valence-electron chi connectivity index (χ0n) is 42.9. The SMILES string of the molecule is CCCCCCCC/C=C/CCCCCCCC(=O)OC[C@@H](COP(=O)([O-])OCC[N+](C)(C)C)OC(=O)O[C@H]1CC[C@@]2(C)C(=CC[C@H]3[C@@H]4CC[C@H]([C@H](C)CCCC(C)C)[C@@]4(C)CC[C@@H]32)C1. The molecule has 11 heteroatoms. The highest BCUT2D eigenvalue weighted by atomic mass is 31.2. The van der Waals surface area contributed by atoms with Crippen LogP contribution in [0.2, 0.25) is 0 Å². The van der Waals surface area contributed by atoms with E-state index in [1.807, 2.05) is 21.1 Å². The van der Waals surface area contributed by atoms with Crippen molar-refractivity contribution >= 4 is 19.9 Å². The summed E-state index contributed by atoms with van der Waals surface area (Å²) >= 11 is 0. The Morgan fingerprint density at radius 2 is 1.51 bits per heavy atom. The van der Waals surface area contributed by atoms with E-state index in [-0.39, 0.29) is 31.2 Å². The molecule has 376 valence electrons. The molecule has 0 spiro atoms. The van der Waals surface area contributed by atoms with Crippen LogP contribution < -0.4 is 4.89 Å². The molecule has 10 atom stereocenters. The Bertz CT molecular complexity index is 1530. The van der Waals surface area contributed by atoms with Crippen molar-refractivity contribution in [1.29, 1.82) is 0 Å². The molecule has 0 amide bonds. The number of hydrogen-bond donors (Lipinski definition) is 0. The van der Waals surface area contributed by atoms with E-state index in [1.165, 1.54) is 95.5 Å². The number of likely N-dealkylation sites (N-methyl/N-ethyl adjacent to an activating group) is 1. The number of hydrogen-bond acceptors (Lipinski definition) is 9. The van der Waals surface area contributed by atoms with Gasteiger partial charge in [-0.15, -0.1) is 0 Å². The monoisotopic (exact) mass is 934 g/mol. The normalized spacial score (nSPS) is 28.5. The third-order valence-electron chi connectivity index (χ3n) is 16.3. The molecule has 4 aliphatic rings. The van der Waals surface area contributed by atoms with Crippen LogP contribution in [-0.2, 0) is 32.6 Å². The van der Waals surface area contributed by atoms with Crippen LogP contribution in [0.25, 0.3) is 0 Å². The number of carbonyl (C=O) groups excluding carboxylic acids is 2. The van der Waals surface area contributed by atoms with Gasteiger partial charge in [-0.3, -0.25) is 9.36 Å². The zero-order chi connectivity index (χ0) is 47.5. The summed E-state index contributed by atoms with van der Waals surface area (Å²) in [5, 5.41) is 0. The minimum absolute atomic E-state index is 0.0564. The Morgan fingerprint density at radius 3 is 2.18 bits per heavy atom. The Morgan fingerprint density at radius 1 is 0.831 bits per heavy atom. The fourth-order valence-corrected chi connectivity index (χ4v) is 13.1. The number of carbonyl (C=O) groups is 2. The Labute approximate surface area is 397 Å². The van der Waals surface area contributed by atoms with Crippen LogP contribution in [0, 0.1) is 46.3 Å². The molecule has 4 rings (SSSR count). The lowest BCUT2D eigenvalue weighted by Gasteiger charge is -2.58. The number of phosphoric ester groups is 1. The summed E-state index contributed by atoms with van der Waals surface area (Å²) in [5.41, 5.74) is 1.94. The van der Waals surface area contributed by atoms with E-state index in [9.17, 15) is 19.0 Å². The summed E-state index contributed by atoms with van der Waals surface area (Å²) in [6.07, 6.45) is 32.9. The van der Waals surface area contributed by atoms with Crippen LogP contribution in [0.5, 0.6) is 0 Å². The second-order valence-electron chi connectivity index (χ2n) is 22.9. The topological polar surface area (TPSA) is 120 Å². The van der Waals surface area contributed by atoms with Gasteiger partial charge < -0.3 is 32.6 Å². The van der Waals surface area contributed by atoms with Crippen molar-refractivity contribution in [3.8, 4) is 0 Å². The lowest BCUT2D eigenvalue weighted by Crippen LogP contribution is -2.51. The Balaban J connectivity index is 1.23. The predicted octanol–water partition coefficient (Wildman–Crippen LogP) is 13.7. The zero-order valence-corrected chi connectivity index (χ0v) is 43.8. The van der Waals surface area contributed by atoms with E-state index < -0.39 is 32.7 Å². The average molecular weight is 934 g/mol. The summed E-state index contributed by atoms with van der Waals surface area (Å²) in [6, 6.07) is 0. The van der Waals surface area contributed by atoms with Crippen LogP contribution in [0.1, 0.15) is 202 Å². The number of rotatable bonds is 31. The van der Waals surface area contributed by atoms with Crippen molar-refractivity contribution in [3.63, 3.8) is 0 Å². The summed E-state index contributed by atoms with van der Waals surface area (Å²) in [6.45, 7) is 14.1. The van der Waals surface area contributed by atoms with E-state index in [4.69, 9.17) is 23.3 Å². The molecule has 0 aliphatic heterocycles. The van der Waals surface area contributed by atoms with Crippen molar-refractivity contribution < 1.29 is 46.8 Å². The van der Waals surface area contributed by atoms with Gasteiger partial charge in [-0.25, -0.2) is 4.79 Å². The highest BCUT2D eigenvalue weighted by Gasteiger charge is 2.59. The average Bonchev–Trinajstić information content (AvgIpc) is 3.60. The first-order valence-corrected chi connectivity index (χ1v) is 28.1. The van der Waals surface area contributed by atoms with Crippen molar-refractivity contribution in [2.75, 3.05) is 47.5 Å². The van der Waals surface area contributed by atoms with Gasteiger partial charge in [-0.05, 0) is 123 Å². The van der Waals surface area contributed by atoms with E-state index in [0.29, 0.717) is 41.1 Å². The van der Waals surface area contributed by atoms with Crippen LogP contribution in [0.3, 0.4) is 0 Å². The molecule has 10 nitrogen and oxygen atoms in total. The number of ether oxygens (including phenoxy) is 3. The minimum Gasteiger partial charge on any atom is -0.756 e. The molecule has 0 radical (unpaired) electrons. The molecule has 0 aromatic carbocycles. The molecule has 3 saturated carbocycles. The summed E-state index contributed by atoms with van der Waals surface area (Å²) < 4.78 is 40.5. The van der Waals surface area contributed by atoms with Crippen LogP contribution in [-0.4, -0.2) is 76.3 Å². The molecule has 0 bridgehead atoms. The van der Waals surface area contributed by atoms with Gasteiger partial charge in [0.2, 0.25) is 0 Å². The lowest BCUT2D eigenvalue weighted by molar-refractivity contribution is -0.870. The van der Waals surface area contributed by atoms with Crippen LogP contribution in [0.4, 0.5) is 4.79 Å². The highest BCUT2D eigenvalue weighted by molar-refractivity contribution is 7.45. The summed E-state index contributed by atoms with van der Waals surface area (Å²) in [5.74, 6) is 4.11. The third kappa shape index (κ3) is 18.6. The van der Waals surface area contributed by atoms with E-state index in [2.05, 4.69) is 59.8 Å². The number of allylic oxidation sites excluding steroid dienone is 3. The molecule has 0 aromatic rings. The summed E-state index contributed by atoms with van der Waals surface area (Å²) in [4.78, 5) is 38.8. The number of phosphoric acid groups is 1. The van der Waals surface area contributed by atoms with Gasteiger partial charge in [0.1, 0.15) is 25.9 Å². The first-order chi connectivity index (χ1) is 30.9. The second kappa shape index (κ2) is 27.5. The van der Waals surface area contributed by atoms with Gasteiger partial charge in [-0.2, -0.15) is 0 Å². The standard InChI is InChI=1S/C54H96NO9P/c1-10-11-12-13-14-15-16-17-18-19-20-21-22-23-24-28-51(56)60-40-46(41-62-65(58,59)61-38-37-55(7,8)9)64-52(57)63-45-33-35-53(5)44(39-45)29-30-47-49-32-31-48(43(4)27-25-26-42(2)3)54(49,6)36-34-50(47)53/h17-18,29,42-43,45-50H,10-16,19-28,30-41H2,1-9H3/b18-17+/t43-,45+,46+,47+,48-,49+,50+,53+,54-/m1/s1. The van der Waals surface area contributed by atoms with Crippen LogP contribution >= 0.6 is 7.82 Å². The maximum atomic E-state index is 13.4. The predicted molar refractivity (Wildman–Crippen MR) is 261 cm³/mol. The maximum Gasteiger partial charge on any atom is 0.509 e. The van der Waals surface area contributed by atoms with Crippen molar-refractivity contribution in [3.05, 3.63) is 23.8 Å². The number of fused-ring (bicyclic) bond motifs is 5. The first-order valence-electron chi connectivity index (χ1n) is 26.6. The highest BCUT2D eigenvalue weighted by Crippen LogP contribution is 2.67. The lowest BCUT2D eigenvalue weighted by atomic mass is 9.47. The van der Waals surface area contributed by atoms with Gasteiger partial charge >= 0.3 is 12.1 Å². The molecule has 0 saturated heterocycles. The molecule has 3 fully saturated rings. The third-order valence-corrected chi connectivity index (χ3v) is 17.3. The molecule has 65 heavy (non-hydrogen) atoms. The van der Waals surface area contributed by atoms with Gasteiger partial charge in [-0.1, -0.05) is 136 Å². The molecular formula is C54H96NO9P. The van der Waals surface area contributed by atoms with E-state index >= 15 is 0 Å². The Hall–Kier alpha value is -1.71. The summed E-state index contributed by atoms with van der Waals surface area (Å²) in [7, 11) is 1.08. The number of nitrogens with zero attached hydrogens (tertiary/aromatic N) is 1. The molecule has 0 N–H and O–H groups in total. The van der Waals surface area contributed by atoms with Gasteiger partial charge in [0.25, 0.3) is 7.82 Å². The van der Waals surface area contributed by atoms with E-state index in [1.54, 1.807) is 0 Å². The first kappa shape index (κ1) is 55.9. The van der Waals surface area contributed by atoms with Crippen molar-refractivity contribution in [1.82, 2.24) is 0 Å². The number of esters is 1. The molecule has 1 unspecified atom stereocenters. The number of quaternary nitrogens is 1. The van der Waals surface area contributed by atoms with Gasteiger partial charge in [0.15, 0.2) is 6.10 Å². The number of unbranched alkanes of at least 4 members (excludes halogenated alkanes) is 11. The van der Waals surface area contributed by atoms with Gasteiger partial charge in [0, 0.05) is 12.8 Å². The van der Waals surface area contributed by atoms with Crippen LogP contribution in [0.15, 0.2) is 23.8 Å². The molecule has 0 aromatic heterocycles. The molecular weight excluding hydrogens is 838 g/mol. The van der Waals surface area contributed by atoms with Crippen molar-refractivity contribution in [2.24, 2.45) is 46.3 Å². The maximum absolute atomic E-state index is 13.4. The van der Waals surface area contributed by atoms with Gasteiger partial charge in [0.05, 0.1) is 27.7 Å². The Kier molecular flexibility index (Phi) is 23.6. The van der Waals surface area contributed by atoms with E-state index in [0.717, 1.165) is 75.0 Å². The largest absolute Gasteiger partial charge is 0.756 e. The second-order valence-corrected chi connectivity index (χ2v) is 24.3. The fourth-order valence-electron chi connectivity index (χ4n) is 12.4. The smallest absolute Gasteiger partial charge is 0.509 e. The molecule has 0 heterocycles. The van der Waals surface area contributed by atoms with Crippen molar-refractivity contribution in [2.45, 2.75) is 214 Å². The minimum atomic E-state index is -4.71. The fraction of sp³-hybridized carbons (Fsp3) is 0.889. The molecule has 4 aliphatic carbocycles.